The summed E-state index contributed by atoms with van der Waals surface area (Å²) in [5.74, 6) is 1.17. The molecule has 3 heterocycles. The number of carbonyl (C=O) groups is 1. The number of hydrogen-bond donors (Lipinski definition) is 1. The van der Waals surface area contributed by atoms with E-state index in [0.29, 0.717) is 27.3 Å². The van der Waals surface area contributed by atoms with E-state index >= 15 is 0 Å². The number of aliphatic imine (C=N–C) groups is 1. The van der Waals surface area contributed by atoms with Crippen molar-refractivity contribution < 1.29 is 9.53 Å². The summed E-state index contributed by atoms with van der Waals surface area (Å²) in [5, 5.41) is 4.89. The lowest BCUT2D eigenvalue weighted by Gasteiger charge is -2.02. The second-order valence-corrected chi connectivity index (χ2v) is 7.27. The normalized spacial score (nSPS) is 17.6. The third-order valence-corrected chi connectivity index (χ3v) is 5.33. The number of amides is 1. The molecule has 0 saturated carbocycles. The molecule has 0 aliphatic carbocycles. The molecule has 0 radical (unpaired) electrons. The largest absolute Gasteiger partial charge is 0.497 e. The van der Waals surface area contributed by atoms with Crippen LogP contribution in [0.4, 0.5) is 10.5 Å². The van der Waals surface area contributed by atoms with Crippen molar-refractivity contribution in [2.75, 3.05) is 7.11 Å². The molecule has 0 atom stereocenters. The molecule has 0 unspecified atom stereocenters. The minimum absolute atomic E-state index is 0.185. The van der Waals surface area contributed by atoms with Crippen molar-refractivity contribution in [1.29, 1.82) is 0 Å². The number of aromatic nitrogens is 2. The number of hydrogen-bond acceptors (Lipinski definition) is 6. The molecule has 3 aromatic rings. The quantitative estimate of drug-likeness (QED) is 0.710. The summed E-state index contributed by atoms with van der Waals surface area (Å²) in [6.45, 7) is 0. The van der Waals surface area contributed by atoms with Gasteiger partial charge in [-0.05, 0) is 30.0 Å². The lowest BCUT2D eigenvalue weighted by Crippen LogP contribution is -2.18. The van der Waals surface area contributed by atoms with Gasteiger partial charge in [0.1, 0.15) is 11.6 Å². The fourth-order valence-corrected chi connectivity index (χ4v) is 4.06. The maximum atomic E-state index is 11.9. The van der Waals surface area contributed by atoms with Gasteiger partial charge in [0.2, 0.25) is 0 Å². The van der Waals surface area contributed by atoms with E-state index in [9.17, 15) is 4.79 Å². The third kappa shape index (κ3) is 3.15. The van der Waals surface area contributed by atoms with Crippen molar-refractivity contribution in [1.82, 2.24) is 14.7 Å². The maximum absolute atomic E-state index is 11.9. The van der Waals surface area contributed by atoms with Crippen LogP contribution >= 0.6 is 34.7 Å². The fraction of sp³-hybridized carbons (Fsp3) is 0.0625. The molecule has 1 aliphatic heterocycles. The Morgan fingerprint density at radius 3 is 3.16 bits per heavy atom. The summed E-state index contributed by atoms with van der Waals surface area (Å²) >= 11 is 8.80. The van der Waals surface area contributed by atoms with Crippen molar-refractivity contribution in [3.8, 4) is 5.75 Å². The lowest BCUT2D eigenvalue weighted by atomic mass is 10.3. The van der Waals surface area contributed by atoms with Gasteiger partial charge in [0.25, 0.3) is 5.24 Å². The van der Waals surface area contributed by atoms with Crippen LogP contribution in [0.15, 0.2) is 45.7 Å². The van der Waals surface area contributed by atoms with E-state index in [0.717, 1.165) is 22.4 Å². The number of carbonyl (C=O) groups excluding carboxylic acids is 1. The number of thioether (sulfide) groups is 1. The van der Waals surface area contributed by atoms with E-state index < -0.39 is 0 Å². The highest BCUT2D eigenvalue weighted by Gasteiger charge is 2.25. The van der Waals surface area contributed by atoms with Gasteiger partial charge in [-0.25, -0.2) is 9.98 Å². The molecule has 25 heavy (non-hydrogen) atoms. The molecule has 9 heteroatoms. The number of rotatable bonds is 3. The van der Waals surface area contributed by atoms with Gasteiger partial charge in [0.15, 0.2) is 10.1 Å². The van der Waals surface area contributed by atoms with E-state index in [4.69, 9.17) is 16.3 Å². The number of halogens is 1. The van der Waals surface area contributed by atoms with Crippen LogP contribution in [-0.2, 0) is 0 Å². The summed E-state index contributed by atoms with van der Waals surface area (Å²) in [6, 6.07) is 7.31. The Morgan fingerprint density at radius 1 is 1.44 bits per heavy atom. The number of thiazole rings is 1. The van der Waals surface area contributed by atoms with Gasteiger partial charge in [0, 0.05) is 17.6 Å². The van der Waals surface area contributed by atoms with Crippen LogP contribution in [0.25, 0.3) is 11.0 Å². The zero-order valence-corrected chi connectivity index (χ0v) is 15.3. The molecule has 1 amide bonds. The van der Waals surface area contributed by atoms with Gasteiger partial charge in [-0.3, -0.25) is 9.20 Å². The Morgan fingerprint density at radius 2 is 2.32 bits per heavy atom. The number of nitrogens with zero attached hydrogens (tertiary/aromatic N) is 3. The molecule has 6 nitrogen and oxygen atoms in total. The van der Waals surface area contributed by atoms with E-state index in [-0.39, 0.29) is 5.24 Å². The van der Waals surface area contributed by atoms with Crippen LogP contribution in [0, 0.1) is 0 Å². The first kappa shape index (κ1) is 16.2. The van der Waals surface area contributed by atoms with Gasteiger partial charge in [-0.1, -0.05) is 17.7 Å². The van der Waals surface area contributed by atoms with Crippen molar-refractivity contribution >= 4 is 62.5 Å². The van der Waals surface area contributed by atoms with Crippen LogP contribution in [0.1, 0.15) is 5.69 Å². The SMILES string of the molecule is COc1cccc(N=C2NC(=O)SC2=Cc2c(Cl)nc3sccn23)c1. The summed E-state index contributed by atoms with van der Waals surface area (Å²) in [6.07, 6.45) is 3.70. The minimum atomic E-state index is -0.185. The Balaban J connectivity index is 1.77. The van der Waals surface area contributed by atoms with E-state index in [1.54, 1.807) is 13.2 Å². The van der Waals surface area contributed by atoms with Gasteiger partial charge < -0.3 is 10.1 Å². The Hall–Kier alpha value is -2.29. The second-order valence-electron chi connectivity index (χ2n) is 5.03. The number of nitrogens with one attached hydrogen (secondary N) is 1. The molecule has 1 aliphatic rings. The van der Waals surface area contributed by atoms with Crippen LogP contribution in [0.2, 0.25) is 5.15 Å². The summed E-state index contributed by atoms with van der Waals surface area (Å²) in [5.41, 5.74) is 1.40. The highest BCUT2D eigenvalue weighted by molar-refractivity contribution is 8.18. The first-order valence-corrected chi connectivity index (χ1v) is 9.26. The molecular weight excluding hydrogens is 380 g/mol. The summed E-state index contributed by atoms with van der Waals surface area (Å²) in [7, 11) is 1.60. The molecule has 0 spiro atoms. The lowest BCUT2D eigenvalue weighted by molar-refractivity contribution is 0.265. The predicted molar refractivity (Wildman–Crippen MR) is 102 cm³/mol. The molecule has 1 saturated heterocycles. The van der Waals surface area contributed by atoms with Crippen LogP contribution in [0.5, 0.6) is 5.75 Å². The molecule has 1 fully saturated rings. The van der Waals surface area contributed by atoms with Gasteiger partial charge in [-0.15, -0.1) is 11.3 Å². The van der Waals surface area contributed by atoms with Gasteiger partial charge in [0.05, 0.1) is 23.4 Å². The number of methoxy groups -OCH3 is 1. The van der Waals surface area contributed by atoms with Crippen molar-refractivity contribution in [2.24, 2.45) is 4.99 Å². The highest BCUT2D eigenvalue weighted by atomic mass is 35.5. The number of amidine groups is 1. The molecular formula is C16H11ClN4O2S2. The standard InChI is InChI=1S/C16H11ClN4O2S2/c1-23-10-4-2-3-9(7-10)18-14-12(25-16(22)20-14)8-11-13(17)19-15-21(11)5-6-24-15/h2-8H,1H3,(H,18,20,22). The van der Waals surface area contributed by atoms with Gasteiger partial charge in [-0.2, -0.15) is 0 Å². The number of benzene rings is 1. The summed E-state index contributed by atoms with van der Waals surface area (Å²) < 4.78 is 7.08. The van der Waals surface area contributed by atoms with Crippen molar-refractivity contribution in [3.05, 3.63) is 51.6 Å². The monoisotopic (exact) mass is 390 g/mol. The number of fused-ring (bicyclic) bond motifs is 1. The zero-order chi connectivity index (χ0) is 17.4. The van der Waals surface area contributed by atoms with E-state index in [2.05, 4.69) is 15.3 Å². The molecule has 1 aromatic carbocycles. The Kier molecular flexibility index (Phi) is 4.24. The zero-order valence-electron chi connectivity index (χ0n) is 12.9. The second kappa shape index (κ2) is 6.55. The summed E-state index contributed by atoms with van der Waals surface area (Å²) in [4.78, 5) is 22.2. The Labute approximate surface area is 156 Å². The van der Waals surface area contributed by atoms with Crippen molar-refractivity contribution in [3.63, 3.8) is 0 Å². The predicted octanol–water partition coefficient (Wildman–Crippen LogP) is 4.59. The van der Waals surface area contributed by atoms with Crippen molar-refractivity contribution in [2.45, 2.75) is 0 Å². The van der Waals surface area contributed by atoms with E-state index in [1.807, 2.05) is 40.3 Å². The minimum Gasteiger partial charge on any atom is -0.497 e. The van der Waals surface area contributed by atoms with Crippen LogP contribution < -0.4 is 10.1 Å². The first-order valence-electron chi connectivity index (χ1n) is 7.19. The first-order chi connectivity index (χ1) is 12.1. The maximum Gasteiger partial charge on any atom is 0.289 e. The Bertz CT molecular complexity index is 1040. The average Bonchev–Trinajstić information content (AvgIpc) is 3.25. The van der Waals surface area contributed by atoms with E-state index in [1.165, 1.54) is 11.3 Å². The molecule has 0 bridgehead atoms. The molecule has 2 aromatic heterocycles. The fourth-order valence-electron chi connectivity index (χ4n) is 2.35. The number of imidazole rings is 1. The molecule has 126 valence electrons. The average molecular weight is 391 g/mol. The van der Waals surface area contributed by atoms with Crippen LogP contribution in [-0.4, -0.2) is 27.6 Å². The third-order valence-electron chi connectivity index (χ3n) is 3.47. The smallest absolute Gasteiger partial charge is 0.289 e. The molecule has 4 rings (SSSR count). The topological polar surface area (TPSA) is 68.0 Å². The number of ether oxygens (including phenoxy) is 1. The molecule has 1 N–H and O–H groups in total. The van der Waals surface area contributed by atoms with Gasteiger partial charge >= 0.3 is 0 Å². The highest BCUT2D eigenvalue weighted by Crippen LogP contribution is 2.31. The van der Waals surface area contributed by atoms with Crippen LogP contribution in [0.3, 0.4) is 0 Å².